The molecule has 2 aromatic rings. The molecule has 100 valence electrons. The van der Waals surface area contributed by atoms with Gasteiger partial charge in [-0.3, -0.25) is 0 Å². The zero-order chi connectivity index (χ0) is 14.2. The fourth-order valence-corrected chi connectivity index (χ4v) is 1.89. The van der Waals surface area contributed by atoms with Crippen LogP contribution in [0, 0.1) is 12.3 Å². The minimum absolute atomic E-state index is 0.374. The largest absolute Gasteiger partial charge is 0.446 e. The first-order valence-corrected chi connectivity index (χ1v) is 6.55. The molecule has 0 saturated carbocycles. The predicted molar refractivity (Wildman–Crippen MR) is 79.2 cm³/mol. The average Bonchev–Trinajstić information content (AvgIpc) is 2.53. The maximum Gasteiger partial charge on any atom is 0.339 e. The van der Waals surface area contributed by atoms with Gasteiger partial charge in [0, 0.05) is 0 Å². The topological polar surface area (TPSA) is 26.3 Å². The Hall–Kier alpha value is -2.53. The van der Waals surface area contributed by atoms with Crippen molar-refractivity contribution in [2.75, 3.05) is 0 Å². The standard InChI is InChI=1S/C18H16O2/c1-2-17(14-13-15-9-5-3-6-10-15)20-18(19)16-11-7-4-8-12-16/h1,3-12,17H,13-14H2. The number of ether oxygens (including phenoxy) is 1. The number of hydrogen-bond acceptors (Lipinski definition) is 2. The Kier molecular flexibility index (Phi) is 4.97. The Morgan fingerprint density at radius 2 is 1.65 bits per heavy atom. The molecule has 0 aliphatic rings. The quantitative estimate of drug-likeness (QED) is 0.610. The van der Waals surface area contributed by atoms with Gasteiger partial charge in [-0.15, -0.1) is 6.42 Å². The fourth-order valence-electron chi connectivity index (χ4n) is 1.89. The summed E-state index contributed by atoms with van der Waals surface area (Å²) >= 11 is 0. The molecule has 1 atom stereocenters. The van der Waals surface area contributed by atoms with Gasteiger partial charge in [0.05, 0.1) is 5.56 Å². The van der Waals surface area contributed by atoms with Gasteiger partial charge in [-0.2, -0.15) is 0 Å². The van der Waals surface area contributed by atoms with Crippen LogP contribution in [0.2, 0.25) is 0 Å². The summed E-state index contributed by atoms with van der Waals surface area (Å²) < 4.78 is 5.33. The van der Waals surface area contributed by atoms with E-state index in [9.17, 15) is 4.79 Å². The summed E-state index contributed by atoms with van der Waals surface area (Å²) in [6, 6.07) is 18.9. The van der Waals surface area contributed by atoms with E-state index in [2.05, 4.69) is 5.92 Å². The number of hydrogen-bond donors (Lipinski definition) is 0. The molecule has 2 rings (SSSR count). The second-order valence-electron chi connectivity index (χ2n) is 4.45. The molecule has 0 aliphatic heterocycles. The Balaban J connectivity index is 1.90. The number of aryl methyl sites for hydroxylation is 1. The van der Waals surface area contributed by atoms with Gasteiger partial charge in [0.25, 0.3) is 0 Å². The van der Waals surface area contributed by atoms with Crippen LogP contribution in [0.15, 0.2) is 60.7 Å². The highest BCUT2D eigenvalue weighted by Crippen LogP contribution is 2.10. The van der Waals surface area contributed by atoms with E-state index in [0.717, 1.165) is 6.42 Å². The molecule has 0 saturated heterocycles. The SMILES string of the molecule is C#CC(CCc1ccccc1)OC(=O)c1ccccc1. The van der Waals surface area contributed by atoms with Crippen molar-refractivity contribution in [1.29, 1.82) is 0 Å². The third-order valence-electron chi connectivity index (χ3n) is 2.98. The molecule has 1 unspecified atom stereocenters. The van der Waals surface area contributed by atoms with Gasteiger partial charge in [0.2, 0.25) is 0 Å². The molecule has 0 bridgehead atoms. The van der Waals surface area contributed by atoms with Crippen LogP contribution in [0.5, 0.6) is 0 Å². The lowest BCUT2D eigenvalue weighted by molar-refractivity contribution is 0.0398. The van der Waals surface area contributed by atoms with E-state index >= 15 is 0 Å². The molecule has 20 heavy (non-hydrogen) atoms. The zero-order valence-electron chi connectivity index (χ0n) is 11.2. The number of carbonyl (C=O) groups excluding carboxylic acids is 1. The lowest BCUT2D eigenvalue weighted by Gasteiger charge is -2.12. The van der Waals surface area contributed by atoms with Gasteiger partial charge in [0.1, 0.15) is 0 Å². The van der Waals surface area contributed by atoms with Gasteiger partial charge in [-0.25, -0.2) is 4.79 Å². The van der Waals surface area contributed by atoms with Gasteiger partial charge in [-0.1, -0.05) is 54.5 Å². The summed E-state index contributed by atoms with van der Waals surface area (Å²) in [7, 11) is 0. The molecule has 0 fully saturated rings. The van der Waals surface area contributed by atoms with Crippen molar-refractivity contribution >= 4 is 5.97 Å². The van der Waals surface area contributed by atoms with Gasteiger partial charge in [0.15, 0.2) is 6.10 Å². The summed E-state index contributed by atoms with van der Waals surface area (Å²) in [5, 5.41) is 0. The monoisotopic (exact) mass is 264 g/mol. The smallest absolute Gasteiger partial charge is 0.339 e. The first kappa shape index (κ1) is 13.9. The third kappa shape index (κ3) is 4.00. The minimum atomic E-state index is -0.497. The number of benzene rings is 2. The molecular formula is C18H16O2. The summed E-state index contributed by atoms with van der Waals surface area (Å²) in [5.41, 5.74) is 1.70. The number of rotatable bonds is 5. The molecule has 0 aliphatic carbocycles. The van der Waals surface area contributed by atoms with E-state index < -0.39 is 6.10 Å². The van der Waals surface area contributed by atoms with Gasteiger partial charge in [-0.05, 0) is 30.5 Å². The van der Waals surface area contributed by atoms with E-state index in [1.165, 1.54) is 5.56 Å². The Bertz CT molecular complexity index is 582. The molecule has 0 radical (unpaired) electrons. The normalized spacial score (nSPS) is 11.3. The van der Waals surface area contributed by atoms with Crippen molar-refractivity contribution in [3.05, 3.63) is 71.8 Å². The summed E-state index contributed by atoms with van der Waals surface area (Å²) in [4.78, 5) is 11.9. The van der Waals surface area contributed by atoms with Gasteiger partial charge < -0.3 is 4.74 Å². The van der Waals surface area contributed by atoms with E-state index in [0.29, 0.717) is 12.0 Å². The van der Waals surface area contributed by atoms with E-state index in [1.54, 1.807) is 24.3 Å². The van der Waals surface area contributed by atoms with Crippen molar-refractivity contribution < 1.29 is 9.53 Å². The first-order valence-electron chi connectivity index (χ1n) is 6.55. The molecule has 2 aromatic carbocycles. The summed E-state index contributed by atoms with van der Waals surface area (Å²) in [6.45, 7) is 0. The van der Waals surface area contributed by atoms with Crippen molar-refractivity contribution in [2.45, 2.75) is 18.9 Å². The fraction of sp³-hybridized carbons (Fsp3) is 0.167. The Morgan fingerprint density at radius 3 is 2.25 bits per heavy atom. The van der Waals surface area contributed by atoms with Crippen molar-refractivity contribution in [2.24, 2.45) is 0 Å². The van der Waals surface area contributed by atoms with Crippen molar-refractivity contribution in [3.8, 4) is 12.3 Å². The average molecular weight is 264 g/mol. The highest BCUT2D eigenvalue weighted by molar-refractivity contribution is 5.89. The Morgan fingerprint density at radius 1 is 1.05 bits per heavy atom. The second kappa shape index (κ2) is 7.16. The number of esters is 1. The molecule has 2 nitrogen and oxygen atoms in total. The van der Waals surface area contributed by atoms with Crippen molar-refractivity contribution in [1.82, 2.24) is 0 Å². The van der Waals surface area contributed by atoms with Crippen LogP contribution < -0.4 is 0 Å². The van der Waals surface area contributed by atoms with E-state index in [1.807, 2.05) is 36.4 Å². The molecular weight excluding hydrogens is 248 g/mol. The van der Waals surface area contributed by atoms with E-state index in [4.69, 9.17) is 11.2 Å². The second-order valence-corrected chi connectivity index (χ2v) is 4.45. The lowest BCUT2D eigenvalue weighted by atomic mass is 10.1. The van der Waals surface area contributed by atoms with E-state index in [-0.39, 0.29) is 5.97 Å². The van der Waals surface area contributed by atoms with Crippen LogP contribution in [0.1, 0.15) is 22.3 Å². The summed E-state index contributed by atoms with van der Waals surface area (Å²) in [5.74, 6) is 2.16. The van der Waals surface area contributed by atoms with Gasteiger partial charge >= 0.3 is 5.97 Å². The molecule has 0 amide bonds. The predicted octanol–water partition coefficient (Wildman–Crippen LogP) is 3.48. The Labute approximate surface area is 119 Å². The molecule has 0 N–H and O–H groups in total. The number of terminal acetylenes is 1. The first-order chi connectivity index (χ1) is 9.79. The number of carbonyl (C=O) groups is 1. The maximum absolute atomic E-state index is 11.9. The molecule has 0 aromatic heterocycles. The highest BCUT2D eigenvalue weighted by Gasteiger charge is 2.13. The van der Waals surface area contributed by atoms with Crippen LogP contribution in [0.4, 0.5) is 0 Å². The maximum atomic E-state index is 11.9. The zero-order valence-corrected chi connectivity index (χ0v) is 11.2. The highest BCUT2D eigenvalue weighted by atomic mass is 16.5. The van der Waals surface area contributed by atoms with Crippen LogP contribution in [0.3, 0.4) is 0 Å². The molecule has 2 heteroatoms. The summed E-state index contributed by atoms with van der Waals surface area (Å²) in [6.07, 6.45) is 6.35. The lowest BCUT2D eigenvalue weighted by Crippen LogP contribution is -2.17. The van der Waals surface area contributed by atoms with Crippen LogP contribution in [0.25, 0.3) is 0 Å². The van der Waals surface area contributed by atoms with Crippen LogP contribution >= 0.6 is 0 Å². The third-order valence-corrected chi connectivity index (χ3v) is 2.98. The molecule has 0 spiro atoms. The molecule has 0 heterocycles. The van der Waals surface area contributed by atoms with Crippen LogP contribution in [-0.2, 0) is 11.2 Å². The van der Waals surface area contributed by atoms with Crippen molar-refractivity contribution in [3.63, 3.8) is 0 Å². The van der Waals surface area contributed by atoms with Crippen LogP contribution in [-0.4, -0.2) is 12.1 Å². The minimum Gasteiger partial charge on any atom is -0.446 e.